The molecule has 1 aromatic carbocycles. The third-order valence-corrected chi connectivity index (χ3v) is 5.31. The van der Waals surface area contributed by atoms with Gasteiger partial charge in [-0.05, 0) is 42.5 Å². The molecule has 5 heteroatoms. The van der Waals surface area contributed by atoms with Gasteiger partial charge < -0.3 is 9.22 Å². The Kier molecular flexibility index (Phi) is 4.88. The number of quaternary nitrogens is 1. The minimum absolute atomic E-state index is 0.395. The van der Waals surface area contributed by atoms with Gasteiger partial charge >= 0.3 is 6.09 Å². The number of hydrogen-bond donors (Lipinski definition) is 1. The van der Waals surface area contributed by atoms with Crippen molar-refractivity contribution in [2.75, 3.05) is 39.6 Å². The number of carbonyl (C=O) groups excluding carboxylic acids is 1. The average Bonchev–Trinajstić information content (AvgIpc) is 3.08. The molecule has 2 aliphatic carbocycles. The fourth-order valence-corrected chi connectivity index (χ4v) is 4.16. The molecule has 1 fully saturated rings. The van der Waals surface area contributed by atoms with Crippen LogP contribution in [0.3, 0.4) is 0 Å². The van der Waals surface area contributed by atoms with Crippen LogP contribution in [0.15, 0.2) is 36.4 Å². The Morgan fingerprint density at radius 3 is 2.42 bits per heavy atom. The van der Waals surface area contributed by atoms with Gasteiger partial charge in [0.05, 0.1) is 34.3 Å². The third-order valence-electron chi connectivity index (χ3n) is 5.06. The highest BCUT2D eigenvalue weighted by Crippen LogP contribution is 2.48. The number of benzene rings is 1. The van der Waals surface area contributed by atoms with Gasteiger partial charge in [0, 0.05) is 22.5 Å². The zero-order valence-electron chi connectivity index (χ0n) is 14.5. The van der Waals surface area contributed by atoms with Gasteiger partial charge in [0.1, 0.15) is 0 Å². The smallest absolute Gasteiger partial charge is 0.411 e. The number of nitrogens with zero attached hydrogens (tertiary/aromatic N) is 1. The maximum Gasteiger partial charge on any atom is 0.411 e. The van der Waals surface area contributed by atoms with E-state index in [0.717, 1.165) is 11.0 Å². The Morgan fingerprint density at radius 2 is 1.79 bits per heavy atom. The van der Waals surface area contributed by atoms with Crippen LogP contribution in [0, 0.1) is 23.7 Å². The zero-order valence-corrected chi connectivity index (χ0v) is 15.3. The Morgan fingerprint density at radius 1 is 1.17 bits per heavy atom. The number of halogens is 1. The van der Waals surface area contributed by atoms with Crippen LogP contribution in [0.2, 0.25) is 5.02 Å². The molecule has 0 heterocycles. The second-order valence-corrected chi connectivity index (χ2v) is 8.42. The molecule has 24 heavy (non-hydrogen) atoms. The molecule has 4 nitrogen and oxygen atoms in total. The molecule has 1 amide bonds. The summed E-state index contributed by atoms with van der Waals surface area (Å²) in [7, 11) is 6.67. The first-order valence-corrected chi connectivity index (χ1v) is 8.88. The van der Waals surface area contributed by atoms with Crippen molar-refractivity contribution < 1.29 is 14.0 Å². The van der Waals surface area contributed by atoms with E-state index in [-0.39, 0.29) is 0 Å². The fraction of sp³-hybridized carbons (Fsp3) is 0.526. The van der Waals surface area contributed by atoms with Crippen molar-refractivity contribution in [2.24, 2.45) is 23.7 Å². The normalized spacial score (nSPS) is 28.2. The van der Waals surface area contributed by atoms with Gasteiger partial charge in [0.15, 0.2) is 0 Å². The lowest BCUT2D eigenvalue weighted by molar-refractivity contribution is -0.874. The number of hydrogen-bond acceptors (Lipinski definition) is 2. The molecule has 4 atom stereocenters. The van der Waals surface area contributed by atoms with Gasteiger partial charge in [0.2, 0.25) is 0 Å². The van der Waals surface area contributed by atoms with Crippen molar-refractivity contribution in [1.82, 2.24) is 0 Å². The SMILES string of the molecule is C[N+](C)(C)C[C@H]1[C@@H](COC(=O)Nc2ccc(Cl)cc2)[C@H]2C=C[C@H]1C2. The van der Waals surface area contributed by atoms with Crippen LogP contribution >= 0.6 is 11.6 Å². The van der Waals surface area contributed by atoms with E-state index in [0.29, 0.717) is 41.0 Å². The number of nitrogens with one attached hydrogen (secondary N) is 1. The van der Waals surface area contributed by atoms with Crippen LogP contribution in [0.5, 0.6) is 0 Å². The molecule has 1 N–H and O–H groups in total. The molecule has 1 aromatic rings. The monoisotopic (exact) mass is 349 g/mol. The summed E-state index contributed by atoms with van der Waals surface area (Å²) < 4.78 is 6.47. The van der Waals surface area contributed by atoms with Gasteiger partial charge in [-0.15, -0.1) is 0 Å². The summed E-state index contributed by atoms with van der Waals surface area (Å²) in [6.45, 7) is 1.59. The highest BCUT2D eigenvalue weighted by molar-refractivity contribution is 6.30. The molecular weight excluding hydrogens is 324 g/mol. The summed E-state index contributed by atoms with van der Waals surface area (Å²) >= 11 is 5.85. The predicted molar refractivity (Wildman–Crippen MR) is 97.0 cm³/mol. The quantitative estimate of drug-likeness (QED) is 0.643. The summed E-state index contributed by atoms with van der Waals surface area (Å²) in [6.07, 6.45) is 5.47. The molecule has 0 spiro atoms. The molecule has 1 saturated carbocycles. The van der Waals surface area contributed by atoms with E-state index >= 15 is 0 Å². The van der Waals surface area contributed by atoms with E-state index in [4.69, 9.17) is 16.3 Å². The lowest BCUT2D eigenvalue weighted by atomic mass is 9.83. The van der Waals surface area contributed by atoms with Crippen LogP contribution in [0.25, 0.3) is 0 Å². The standard InChI is InChI=1S/C19H25ClN2O2/c1-22(2,3)11-17-13-4-5-14(10-13)18(17)12-24-19(23)21-16-8-6-15(20)7-9-16/h4-9,13-14,17-18H,10-12H2,1-3H3/p+1/t13-,14-,17+,18-/m0/s1. The Labute approximate surface area is 149 Å². The molecule has 3 rings (SSSR count). The summed E-state index contributed by atoms with van der Waals surface area (Å²) in [4.78, 5) is 12.1. The van der Waals surface area contributed by atoms with E-state index in [1.54, 1.807) is 24.3 Å². The van der Waals surface area contributed by atoms with Crippen molar-refractivity contribution in [1.29, 1.82) is 0 Å². The molecule has 0 aromatic heterocycles. The number of allylic oxidation sites excluding steroid dienone is 2. The number of ether oxygens (including phenoxy) is 1. The Balaban J connectivity index is 1.55. The zero-order chi connectivity index (χ0) is 17.3. The molecule has 0 aliphatic heterocycles. The Bertz CT molecular complexity index is 621. The third kappa shape index (κ3) is 4.11. The molecule has 2 aliphatic rings. The second kappa shape index (κ2) is 6.77. The van der Waals surface area contributed by atoms with Crippen molar-refractivity contribution in [3.8, 4) is 0 Å². The topological polar surface area (TPSA) is 38.3 Å². The lowest BCUT2D eigenvalue weighted by Gasteiger charge is -2.34. The molecule has 0 unspecified atom stereocenters. The highest BCUT2D eigenvalue weighted by atomic mass is 35.5. The molecule has 0 radical (unpaired) electrons. The van der Waals surface area contributed by atoms with Crippen LogP contribution in [-0.4, -0.2) is 44.9 Å². The van der Waals surface area contributed by atoms with Crippen molar-refractivity contribution in [3.63, 3.8) is 0 Å². The van der Waals surface area contributed by atoms with E-state index in [1.165, 1.54) is 6.42 Å². The summed E-state index contributed by atoms with van der Waals surface area (Å²) in [5, 5.41) is 3.40. The first-order chi connectivity index (χ1) is 11.3. The number of anilines is 1. The highest BCUT2D eigenvalue weighted by Gasteiger charge is 2.47. The second-order valence-electron chi connectivity index (χ2n) is 7.98. The van der Waals surface area contributed by atoms with E-state index < -0.39 is 6.09 Å². The minimum atomic E-state index is -0.395. The Hall–Kier alpha value is -1.52. The summed E-state index contributed by atoms with van der Waals surface area (Å²) in [6, 6.07) is 7.03. The molecule has 130 valence electrons. The van der Waals surface area contributed by atoms with E-state index in [2.05, 4.69) is 38.6 Å². The van der Waals surface area contributed by atoms with Crippen molar-refractivity contribution in [3.05, 3.63) is 41.4 Å². The molecular formula is C19H26ClN2O2+. The van der Waals surface area contributed by atoms with E-state index in [9.17, 15) is 4.79 Å². The minimum Gasteiger partial charge on any atom is -0.449 e. The van der Waals surface area contributed by atoms with Gasteiger partial charge in [-0.25, -0.2) is 4.79 Å². The van der Waals surface area contributed by atoms with Crippen LogP contribution in [0.1, 0.15) is 6.42 Å². The van der Waals surface area contributed by atoms with Crippen LogP contribution < -0.4 is 5.32 Å². The first kappa shape index (κ1) is 17.3. The largest absolute Gasteiger partial charge is 0.449 e. The number of carbonyl (C=O) groups is 1. The average molecular weight is 350 g/mol. The lowest BCUT2D eigenvalue weighted by Crippen LogP contribution is -2.43. The van der Waals surface area contributed by atoms with Crippen molar-refractivity contribution in [2.45, 2.75) is 6.42 Å². The van der Waals surface area contributed by atoms with Crippen molar-refractivity contribution >= 4 is 23.4 Å². The van der Waals surface area contributed by atoms with Crippen LogP contribution in [-0.2, 0) is 4.74 Å². The predicted octanol–water partition coefficient (Wildman–Crippen LogP) is 4.03. The maximum atomic E-state index is 12.1. The van der Waals surface area contributed by atoms with Gasteiger partial charge in [-0.2, -0.15) is 0 Å². The molecule has 2 bridgehead atoms. The summed E-state index contributed by atoms with van der Waals surface area (Å²) in [5.74, 6) is 2.20. The van der Waals surface area contributed by atoms with E-state index in [1.807, 2.05) is 0 Å². The number of rotatable bonds is 5. The van der Waals surface area contributed by atoms with Gasteiger partial charge in [0.25, 0.3) is 0 Å². The van der Waals surface area contributed by atoms with Gasteiger partial charge in [-0.3, -0.25) is 5.32 Å². The fourth-order valence-electron chi connectivity index (χ4n) is 4.04. The maximum absolute atomic E-state index is 12.1. The number of fused-ring (bicyclic) bond motifs is 2. The van der Waals surface area contributed by atoms with Crippen LogP contribution in [0.4, 0.5) is 10.5 Å². The van der Waals surface area contributed by atoms with Gasteiger partial charge in [-0.1, -0.05) is 23.8 Å². The summed E-state index contributed by atoms with van der Waals surface area (Å²) in [5.41, 5.74) is 0.695. The first-order valence-electron chi connectivity index (χ1n) is 8.50. The molecule has 0 saturated heterocycles. The number of amides is 1.